The van der Waals surface area contributed by atoms with Crippen LogP contribution in [0.4, 0.5) is 0 Å². The highest BCUT2D eigenvalue weighted by Gasteiger charge is 2.34. The van der Waals surface area contributed by atoms with Crippen LogP contribution < -0.4 is 0 Å². The lowest BCUT2D eigenvalue weighted by Crippen LogP contribution is -2.32. The van der Waals surface area contributed by atoms with E-state index in [4.69, 9.17) is 0 Å². The summed E-state index contributed by atoms with van der Waals surface area (Å²) in [5.41, 5.74) is 0.576. The van der Waals surface area contributed by atoms with Gasteiger partial charge in [0, 0.05) is 0 Å². The highest BCUT2D eigenvalue weighted by Crippen LogP contribution is 2.44. The van der Waals surface area contributed by atoms with Gasteiger partial charge in [0.05, 0.1) is 0 Å². The normalized spacial score (nSPS) is 22.1. The zero-order valence-corrected chi connectivity index (χ0v) is 13.8. The average molecular weight is 230 g/mol. The predicted molar refractivity (Wildman–Crippen MR) is 80.0 cm³/mol. The quantitative estimate of drug-likeness (QED) is 0.443. The van der Waals surface area contributed by atoms with Crippen LogP contribution in [0.5, 0.6) is 0 Å². The Balaban J connectivity index is -0.000000206. The van der Waals surface area contributed by atoms with E-state index in [9.17, 15) is 0 Å². The summed E-state index contributed by atoms with van der Waals surface area (Å²) >= 11 is 0. The van der Waals surface area contributed by atoms with Gasteiger partial charge in [-0.3, -0.25) is 0 Å². The standard InChI is InChI=1S/C9H18.C3H8.2C2H6/c1-7-5-8(6-7)9(2,3)4;1-3-2;2*1-2/h7-8H,5-6H2,1-4H3;3H2,1-2H3;2*1-2H3. The van der Waals surface area contributed by atoms with Crippen LogP contribution in [0.25, 0.3) is 0 Å². The third kappa shape index (κ3) is 12.1. The topological polar surface area (TPSA) is 0 Å². The SMILES string of the molecule is CC.CC.CC1CC(C(C)(C)C)C1.CCC. The van der Waals surface area contributed by atoms with Crippen LogP contribution >= 0.6 is 0 Å². The Bertz CT molecular complexity index is 102. The molecule has 0 radical (unpaired) electrons. The molecule has 0 atom stereocenters. The van der Waals surface area contributed by atoms with Crippen molar-refractivity contribution in [2.75, 3.05) is 0 Å². The molecule has 0 heteroatoms. The minimum Gasteiger partial charge on any atom is -0.0683 e. The van der Waals surface area contributed by atoms with Crippen molar-refractivity contribution in [2.45, 2.75) is 88.5 Å². The molecule has 1 rings (SSSR count). The molecule has 102 valence electrons. The Labute approximate surface area is 106 Å². The molecule has 16 heavy (non-hydrogen) atoms. The Morgan fingerprint density at radius 2 is 1.12 bits per heavy atom. The third-order valence-corrected chi connectivity index (χ3v) is 2.60. The summed E-state index contributed by atoms with van der Waals surface area (Å²) in [5, 5.41) is 0. The average Bonchev–Trinajstić information content (AvgIpc) is 2.19. The first-order valence-corrected chi connectivity index (χ1v) is 7.41. The molecule has 1 aliphatic rings. The van der Waals surface area contributed by atoms with Crippen LogP contribution in [-0.2, 0) is 0 Å². The monoisotopic (exact) mass is 230 g/mol. The maximum absolute atomic E-state index is 2.35. The van der Waals surface area contributed by atoms with E-state index in [-0.39, 0.29) is 0 Å². The Hall–Kier alpha value is 0. The molecule has 0 nitrogen and oxygen atoms in total. The zero-order valence-electron chi connectivity index (χ0n) is 13.8. The molecule has 0 unspecified atom stereocenters. The molecule has 0 bridgehead atoms. The number of hydrogen-bond donors (Lipinski definition) is 0. The van der Waals surface area contributed by atoms with Crippen molar-refractivity contribution in [3.05, 3.63) is 0 Å². The van der Waals surface area contributed by atoms with Crippen LogP contribution in [0, 0.1) is 17.3 Å². The molecule has 0 saturated heterocycles. The van der Waals surface area contributed by atoms with Crippen molar-refractivity contribution in [2.24, 2.45) is 17.3 Å². The fraction of sp³-hybridized carbons (Fsp3) is 1.00. The van der Waals surface area contributed by atoms with Crippen molar-refractivity contribution < 1.29 is 0 Å². The predicted octanol–water partition coefficient (Wildman–Crippen LogP) is 6.55. The molecule has 0 aromatic carbocycles. The van der Waals surface area contributed by atoms with Crippen LogP contribution in [0.2, 0.25) is 0 Å². The summed E-state index contributed by atoms with van der Waals surface area (Å²) in [4.78, 5) is 0. The van der Waals surface area contributed by atoms with E-state index < -0.39 is 0 Å². The van der Waals surface area contributed by atoms with Gasteiger partial charge < -0.3 is 0 Å². The molecule has 0 aromatic heterocycles. The summed E-state index contributed by atoms with van der Waals surface area (Å²) in [6, 6.07) is 0. The van der Waals surface area contributed by atoms with Gasteiger partial charge in [-0.25, -0.2) is 0 Å². The molecule has 1 fully saturated rings. The lowest BCUT2D eigenvalue weighted by Gasteiger charge is -2.42. The van der Waals surface area contributed by atoms with Gasteiger partial charge in [-0.1, -0.05) is 75.7 Å². The fourth-order valence-corrected chi connectivity index (χ4v) is 1.61. The molecular weight excluding hydrogens is 192 g/mol. The van der Waals surface area contributed by atoms with E-state index in [0.29, 0.717) is 5.41 Å². The number of hydrogen-bond acceptors (Lipinski definition) is 0. The molecule has 0 heterocycles. The summed E-state index contributed by atoms with van der Waals surface area (Å²) in [6.07, 6.45) is 4.17. The largest absolute Gasteiger partial charge is 0.0683 e. The van der Waals surface area contributed by atoms with Gasteiger partial charge >= 0.3 is 0 Å². The second kappa shape index (κ2) is 13.1. The second-order valence-corrected chi connectivity index (χ2v) is 5.35. The summed E-state index contributed by atoms with van der Waals surface area (Å²) in [7, 11) is 0. The fourth-order valence-electron chi connectivity index (χ4n) is 1.61. The van der Waals surface area contributed by atoms with Gasteiger partial charge in [0.15, 0.2) is 0 Å². The second-order valence-electron chi connectivity index (χ2n) is 5.35. The van der Waals surface area contributed by atoms with E-state index in [1.54, 1.807) is 0 Å². The third-order valence-electron chi connectivity index (χ3n) is 2.60. The van der Waals surface area contributed by atoms with E-state index in [0.717, 1.165) is 11.8 Å². The summed E-state index contributed by atoms with van der Waals surface area (Å²) < 4.78 is 0. The molecule has 1 saturated carbocycles. The first-order valence-electron chi connectivity index (χ1n) is 7.41. The highest BCUT2D eigenvalue weighted by molar-refractivity contribution is 4.84. The Morgan fingerprint density at radius 1 is 0.875 bits per heavy atom. The molecular formula is C16H38. The lowest BCUT2D eigenvalue weighted by atomic mass is 9.64. The van der Waals surface area contributed by atoms with Gasteiger partial charge in [-0.05, 0) is 30.1 Å². The number of rotatable bonds is 0. The Kier molecular flexibility index (Phi) is 17.4. The van der Waals surface area contributed by atoms with Crippen LogP contribution in [0.1, 0.15) is 88.5 Å². The summed E-state index contributed by atoms with van der Waals surface area (Å²) in [5.74, 6) is 2.02. The smallest absolute Gasteiger partial charge is 0.0354 e. The van der Waals surface area contributed by atoms with Gasteiger partial charge in [0.1, 0.15) is 0 Å². The molecule has 0 amide bonds. The Morgan fingerprint density at radius 3 is 1.19 bits per heavy atom. The first kappa shape index (κ1) is 21.3. The van der Waals surface area contributed by atoms with Crippen molar-refractivity contribution in [1.29, 1.82) is 0 Å². The summed E-state index contributed by atoms with van der Waals surface area (Å²) in [6.45, 7) is 21.7. The van der Waals surface area contributed by atoms with Crippen molar-refractivity contribution in [1.82, 2.24) is 0 Å². The minimum absolute atomic E-state index is 0.576. The van der Waals surface area contributed by atoms with Gasteiger partial charge in [0.25, 0.3) is 0 Å². The highest BCUT2D eigenvalue weighted by atomic mass is 14.4. The maximum Gasteiger partial charge on any atom is -0.0354 e. The van der Waals surface area contributed by atoms with E-state index in [2.05, 4.69) is 41.5 Å². The van der Waals surface area contributed by atoms with Crippen LogP contribution in [0.15, 0.2) is 0 Å². The molecule has 0 N–H and O–H groups in total. The van der Waals surface area contributed by atoms with E-state index in [1.807, 2.05) is 27.7 Å². The molecule has 0 spiro atoms. The molecule has 0 aliphatic heterocycles. The van der Waals surface area contributed by atoms with Crippen LogP contribution in [0.3, 0.4) is 0 Å². The first-order chi connectivity index (χ1) is 7.41. The zero-order chi connectivity index (χ0) is 13.8. The van der Waals surface area contributed by atoms with E-state index >= 15 is 0 Å². The minimum atomic E-state index is 0.576. The van der Waals surface area contributed by atoms with Gasteiger partial charge in [0.2, 0.25) is 0 Å². The van der Waals surface area contributed by atoms with Crippen molar-refractivity contribution >= 4 is 0 Å². The van der Waals surface area contributed by atoms with Gasteiger partial charge in [-0.2, -0.15) is 0 Å². The molecule has 1 aliphatic carbocycles. The van der Waals surface area contributed by atoms with Crippen LogP contribution in [-0.4, -0.2) is 0 Å². The van der Waals surface area contributed by atoms with Crippen molar-refractivity contribution in [3.8, 4) is 0 Å². The molecule has 0 aromatic rings. The van der Waals surface area contributed by atoms with E-state index in [1.165, 1.54) is 19.3 Å². The maximum atomic E-state index is 2.35. The van der Waals surface area contributed by atoms with Gasteiger partial charge in [-0.15, -0.1) is 0 Å². The lowest BCUT2D eigenvalue weighted by molar-refractivity contribution is 0.0864. The van der Waals surface area contributed by atoms with Crippen molar-refractivity contribution in [3.63, 3.8) is 0 Å².